The van der Waals surface area contributed by atoms with Crippen molar-refractivity contribution in [3.8, 4) is 11.5 Å². The zero-order chi connectivity index (χ0) is 24.4. The van der Waals surface area contributed by atoms with Crippen LogP contribution in [-0.4, -0.2) is 74.3 Å². The second kappa shape index (κ2) is 9.85. The van der Waals surface area contributed by atoms with Gasteiger partial charge in [0, 0.05) is 38.6 Å². The number of nitrogens with one attached hydrogen (secondary N) is 1. The van der Waals surface area contributed by atoms with Gasteiger partial charge in [0.1, 0.15) is 16.9 Å². The van der Waals surface area contributed by atoms with Gasteiger partial charge in [0.25, 0.3) is 5.56 Å². The average molecular weight is 476 g/mol. The molecule has 10 nitrogen and oxygen atoms in total. The molecule has 35 heavy (non-hydrogen) atoms. The first kappa shape index (κ1) is 23.0. The van der Waals surface area contributed by atoms with Crippen LogP contribution in [0.2, 0.25) is 0 Å². The number of hydrogen-bond donors (Lipinski definition) is 1. The molecule has 10 heteroatoms. The zero-order valence-corrected chi connectivity index (χ0v) is 19.9. The van der Waals surface area contributed by atoms with Crippen LogP contribution in [0.4, 0.5) is 0 Å². The van der Waals surface area contributed by atoms with E-state index in [1.807, 2.05) is 66.3 Å². The minimum Gasteiger partial charge on any atom is -0.379 e. The van der Waals surface area contributed by atoms with Crippen molar-refractivity contribution >= 4 is 16.8 Å². The monoisotopic (exact) mass is 475 g/mol. The largest absolute Gasteiger partial charge is 0.379 e. The number of aromatic nitrogens is 5. The summed E-state index contributed by atoms with van der Waals surface area (Å²) in [6.07, 6.45) is 3.74. The summed E-state index contributed by atoms with van der Waals surface area (Å²) in [6.45, 7) is 7.88. The molecule has 0 spiro atoms. The van der Waals surface area contributed by atoms with Crippen molar-refractivity contribution in [3.63, 3.8) is 0 Å². The summed E-state index contributed by atoms with van der Waals surface area (Å²) in [5.74, 6) is 0.366. The maximum atomic E-state index is 13.7. The maximum absolute atomic E-state index is 13.7. The number of amides is 1. The smallest absolute Gasteiger partial charge is 0.280 e. The number of rotatable bonds is 7. The third kappa shape index (κ3) is 4.50. The number of ether oxygens (including phenoxy) is 1. The molecule has 3 aromatic heterocycles. The number of benzene rings is 1. The van der Waals surface area contributed by atoms with Gasteiger partial charge in [-0.15, -0.1) is 0 Å². The van der Waals surface area contributed by atoms with E-state index < -0.39 is 6.04 Å². The van der Waals surface area contributed by atoms with Crippen LogP contribution in [0.3, 0.4) is 0 Å². The van der Waals surface area contributed by atoms with E-state index in [2.05, 4.69) is 15.3 Å². The molecule has 1 amide bonds. The lowest BCUT2D eigenvalue weighted by Gasteiger charge is -2.26. The van der Waals surface area contributed by atoms with E-state index in [0.29, 0.717) is 42.2 Å². The van der Waals surface area contributed by atoms with Crippen LogP contribution in [0.5, 0.6) is 0 Å². The van der Waals surface area contributed by atoms with E-state index in [1.54, 1.807) is 11.6 Å². The van der Waals surface area contributed by atoms with Gasteiger partial charge in [-0.2, -0.15) is 10.2 Å². The van der Waals surface area contributed by atoms with Crippen molar-refractivity contribution < 1.29 is 9.53 Å². The summed E-state index contributed by atoms with van der Waals surface area (Å²) in [4.78, 5) is 28.9. The van der Waals surface area contributed by atoms with Gasteiger partial charge in [0.2, 0.25) is 5.91 Å². The molecule has 1 fully saturated rings. The number of morpholine rings is 1. The number of aryl methyl sites for hydroxylation is 1. The first-order chi connectivity index (χ1) is 17.0. The van der Waals surface area contributed by atoms with E-state index in [-0.39, 0.29) is 11.5 Å². The van der Waals surface area contributed by atoms with Gasteiger partial charge in [-0.1, -0.05) is 18.2 Å². The third-order valence-electron chi connectivity index (χ3n) is 6.31. The second-order valence-electron chi connectivity index (χ2n) is 8.64. The van der Waals surface area contributed by atoms with Crippen molar-refractivity contribution in [2.24, 2.45) is 0 Å². The fourth-order valence-electron chi connectivity index (χ4n) is 4.37. The Morgan fingerprint density at radius 3 is 2.51 bits per heavy atom. The lowest BCUT2D eigenvalue weighted by molar-refractivity contribution is -0.124. The lowest BCUT2D eigenvalue weighted by Crippen LogP contribution is -2.43. The topological polar surface area (TPSA) is 99.2 Å². The van der Waals surface area contributed by atoms with Gasteiger partial charge in [-0.05, 0) is 38.1 Å². The maximum Gasteiger partial charge on any atom is 0.280 e. The highest BCUT2D eigenvalue weighted by molar-refractivity contribution is 5.88. The molecular formula is C25H29N7O3. The Kier molecular flexibility index (Phi) is 6.47. The molecule has 5 rings (SSSR count). The molecule has 4 heterocycles. The summed E-state index contributed by atoms with van der Waals surface area (Å²) in [5, 5.41) is 12.6. The highest BCUT2D eigenvalue weighted by Crippen LogP contribution is 2.25. The number of fused-ring (bicyclic) bond motifs is 1. The number of para-hydroxylation sites is 1. The fourth-order valence-corrected chi connectivity index (χ4v) is 4.37. The summed E-state index contributed by atoms with van der Waals surface area (Å²) >= 11 is 0. The Morgan fingerprint density at radius 1 is 1.09 bits per heavy atom. The summed E-state index contributed by atoms with van der Waals surface area (Å²) in [5.41, 5.74) is 1.56. The normalized spacial score (nSPS) is 15.4. The molecule has 0 bridgehead atoms. The molecule has 1 aliphatic rings. The summed E-state index contributed by atoms with van der Waals surface area (Å²) in [7, 11) is 0. The summed E-state index contributed by atoms with van der Waals surface area (Å²) < 4.78 is 10.2. The Balaban J connectivity index is 1.50. The van der Waals surface area contributed by atoms with E-state index >= 15 is 0 Å². The molecule has 1 aromatic carbocycles. The van der Waals surface area contributed by atoms with Crippen LogP contribution in [0, 0.1) is 6.92 Å². The Labute approximate surface area is 202 Å². The van der Waals surface area contributed by atoms with E-state index in [0.717, 1.165) is 25.3 Å². The molecule has 1 N–H and O–H groups in total. The van der Waals surface area contributed by atoms with Crippen LogP contribution in [-0.2, 0) is 9.53 Å². The van der Waals surface area contributed by atoms with Crippen LogP contribution < -0.4 is 10.9 Å². The van der Waals surface area contributed by atoms with E-state index in [1.165, 1.54) is 4.68 Å². The van der Waals surface area contributed by atoms with Gasteiger partial charge < -0.3 is 14.6 Å². The Morgan fingerprint density at radius 2 is 1.80 bits per heavy atom. The zero-order valence-electron chi connectivity index (χ0n) is 19.9. The van der Waals surface area contributed by atoms with Gasteiger partial charge in [-0.3, -0.25) is 14.5 Å². The number of hydrogen-bond acceptors (Lipinski definition) is 6. The molecule has 0 aliphatic carbocycles. The van der Waals surface area contributed by atoms with Crippen LogP contribution in [0.25, 0.3) is 22.4 Å². The summed E-state index contributed by atoms with van der Waals surface area (Å²) in [6, 6.07) is 12.7. The molecular weight excluding hydrogens is 446 g/mol. The van der Waals surface area contributed by atoms with Crippen molar-refractivity contribution in [1.82, 2.24) is 34.3 Å². The number of carbonyl (C=O) groups excluding carboxylic acids is 1. The standard InChI is InChI=1S/C25H29N7O3/c1-18-22-21(24(30-11-6-7-12-30)32(28-22)20-8-4-3-5-9-20)25(34)31(27-18)19(2)23(33)26-10-13-29-14-16-35-17-15-29/h3-9,11-12,19H,10,13-17H2,1-2H3,(H,26,33)/t19-/m1/s1. The molecule has 0 radical (unpaired) electrons. The molecule has 1 saturated heterocycles. The van der Waals surface area contributed by atoms with Gasteiger partial charge in [-0.25, -0.2) is 9.36 Å². The minimum atomic E-state index is -0.770. The highest BCUT2D eigenvalue weighted by Gasteiger charge is 2.25. The molecule has 0 unspecified atom stereocenters. The van der Waals surface area contributed by atoms with Crippen molar-refractivity contribution in [2.75, 3.05) is 39.4 Å². The van der Waals surface area contributed by atoms with Crippen LogP contribution in [0.15, 0.2) is 59.7 Å². The quantitative estimate of drug-likeness (QED) is 0.437. The lowest BCUT2D eigenvalue weighted by atomic mass is 10.2. The van der Waals surface area contributed by atoms with E-state index in [9.17, 15) is 9.59 Å². The van der Waals surface area contributed by atoms with E-state index in [4.69, 9.17) is 9.84 Å². The Bertz CT molecular complexity index is 1370. The minimum absolute atomic E-state index is 0.246. The van der Waals surface area contributed by atoms with Gasteiger partial charge >= 0.3 is 0 Å². The number of nitrogens with zero attached hydrogens (tertiary/aromatic N) is 6. The average Bonchev–Trinajstić information content (AvgIpc) is 3.55. The predicted octanol–water partition coefficient (Wildman–Crippen LogP) is 1.69. The molecule has 0 saturated carbocycles. The second-order valence-corrected chi connectivity index (χ2v) is 8.64. The van der Waals surface area contributed by atoms with Crippen molar-refractivity contribution in [2.45, 2.75) is 19.9 Å². The molecule has 1 atom stereocenters. The SMILES string of the molecule is Cc1nn([C@H](C)C(=O)NCCN2CCOCC2)c(=O)c2c(-n3cccc3)n(-c3ccccc3)nc12. The van der Waals surface area contributed by atoms with Gasteiger partial charge in [0.15, 0.2) is 5.82 Å². The van der Waals surface area contributed by atoms with Crippen LogP contribution >= 0.6 is 0 Å². The molecule has 4 aromatic rings. The first-order valence-electron chi connectivity index (χ1n) is 11.8. The molecule has 182 valence electrons. The fraction of sp³-hybridized carbons (Fsp3) is 0.360. The predicted molar refractivity (Wildman–Crippen MR) is 132 cm³/mol. The third-order valence-corrected chi connectivity index (χ3v) is 6.31. The van der Waals surface area contributed by atoms with Crippen molar-refractivity contribution in [1.29, 1.82) is 0 Å². The Hall–Kier alpha value is -3.76. The first-order valence-corrected chi connectivity index (χ1v) is 11.8. The van der Waals surface area contributed by atoms with Crippen LogP contribution in [0.1, 0.15) is 18.7 Å². The number of carbonyl (C=O) groups is 1. The molecule has 1 aliphatic heterocycles. The highest BCUT2D eigenvalue weighted by atomic mass is 16.5. The van der Waals surface area contributed by atoms with Crippen molar-refractivity contribution in [3.05, 3.63) is 70.9 Å². The van der Waals surface area contributed by atoms with Gasteiger partial charge in [0.05, 0.1) is 24.6 Å².